The van der Waals surface area contributed by atoms with Crippen LogP contribution in [0.25, 0.3) is 6.08 Å². The van der Waals surface area contributed by atoms with E-state index in [1.807, 2.05) is 0 Å². The maximum absolute atomic E-state index is 13.5. The molecule has 0 bridgehead atoms. The largest absolute Gasteiger partial charge is 0.289 e. The molecule has 0 N–H and O–H groups in total. The number of carbonyl (C=O) groups excluding carboxylic acids is 1. The summed E-state index contributed by atoms with van der Waals surface area (Å²) in [6.07, 6.45) is 1.14. The van der Waals surface area contributed by atoms with E-state index in [0.29, 0.717) is 12.2 Å². The Bertz CT molecular complexity index is 804. The van der Waals surface area contributed by atoms with E-state index in [4.69, 9.17) is 23.2 Å². The maximum Gasteiger partial charge on any atom is 0.200 e. The highest BCUT2D eigenvalue weighted by Gasteiger charge is 2.24. The van der Waals surface area contributed by atoms with Crippen LogP contribution in [0.15, 0.2) is 24.3 Å². The number of benzene rings is 2. The van der Waals surface area contributed by atoms with Crippen LogP contribution in [0, 0.1) is 29.1 Å². The molecule has 0 unspecified atom stereocenters. The predicted octanol–water partition coefficient (Wildman–Crippen LogP) is 5.59. The van der Waals surface area contributed by atoms with Crippen molar-refractivity contribution in [2.75, 3.05) is 0 Å². The number of carbonyl (C=O) groups is 1. The van der Waals surface area contributed by atoms with Gasteiger partial charge in [-0.05, 0) is 30.4 Å². The highest BCUT2D eigenvalue weighted by atomic mass is 35.5. The number of hydrogen-bond acceptors (Lipinski definition) is 1. The number of ketones is 1. The topological polar surface area (TPSA) is 17.1 Å². The fourth-order valence-corrected chi connectivity index (χ4v) is 2.21. The van der Waals surface area contributed by atoms with Gasteiger partial charge in [0.2, 0.25) is 5.82 Å². The van der Waals surface area contributed by atoms with Crippen molar-refractivity contribution in [1.29, 1.82) is 0 Å². The fourth-order valence-electron chi connectivity index (χ4n) is 1.71. The minimum absolute atomic E-state index is 0.0236. The molecule has 0 radical (unpaired) electrons. The number of rotatable bonds is 3. The maximum atomic E-state index is 13.5. The Hall–Kier alpha value is -1.92. The van der Waals surface area contributed by atoms with Crippen molar-refractivity contribution in [1.82, 2.24) is 0 Å². The van der Waals surface area contributed by atoms with Crippen molar-refractivity contribution in [3.63, 3.8) is 0 Å². The summed E-state index contributed by atoms with van der Waals surface area (Å²) in [4.78, 5) is 11.9. The average Bonchev–Trinajstić information content (AvgIpc) is 2.50. The van der Waals surface area contributed by atoms with E-state index in [-0.39, 0.29) is 15.6 Å². The van der Waals surface area contributed by atoms with Gasteiger partial charge in [-0.2, -0.15) is 0 Å². The summed E-state index contributed by atoms with van der Waals surface area (Å²) >= 11 is 11.4. The van der Waals surface area contributed by atoms with Gasteiger partial charge in [-0.3, -0.25) is 4.79 Å². The first-order valence-electron chi connectivity index (χ1n) is 5.93. The second kappa shape index (κ2) is 6.68. The predicted molar refractivity (Wildman–Crippen MR) is 76.1 cm³/mol. The van der Waals surface area contributed by atoms with Gasteiger partial charge in [-0.25, -0.2) is 22.0 Å². The Morgan fingerprint density at radius 2 is 1.39 bits per heavy atom. The number of halogens is 7. The molecule has 0 aromatic heterocycles. The summed E-state index contributed by atoms with van der Waals surface area (Å²) < 4.78 is 65.9. The van der Waals surface area contributed by atoms with Crippen molar-refractivity contribution in [3.8, 4) is 0 Å². The minimum atomic E-state index is -2.27. The summed E-state index contributed by atoms with van der Waals surface area (Å²) in [5, 5.41) is 0.236. The molecule has 0 aliphatic heterocycles. The Morgan fingerprint density at radius 1 is 0.870 bits per heavy atom. The van der Waals surface area contributed by atoms with Crippen LogP contribution in [-0.4, -0.2) is 5.78 Å². The second-order valence-electron chi connectivity index (χ2n) is 4.31. The molecule has 0 fully saturated rings. The summed E-state index contributed by atoms with van der Waals surface area (Å²) in [7, 11) is 0. The van der Waals surface area contributed by atoms with E-state index in [1.54, 1.807) is 0 Å². The molecule has 0 spiro atoms. The van der Waals surface area contributed by atoms with Crippen LogP contribution >= 0.6 is 23.2 Å². The third-order valence-electron chi connectivity index (χ3n) is 2.84. The number of allylic oxidation sites excluding steroid dienone is 1. The molecule has 8 heteroatoms. The van der Waals surface area contributed by atoms with E-state index >= 15 is 0 Å². The zero-order chi connectivity index (χ0) is 17.3. The first-order chi connectivity index (χ1) is 10.7. The zero-order valence-electron chi connectivity index (χ0n) is 10.9. The molecular formula is C15H5Cl2F5O. The van der Waals surface area contributed by atoms with Crippen LogP contribution in [0.1, 0.15) is 15.9 Å². The average molecular weight is 367 g/mol. The standard InChI is InChI=1S/C15H5Cl2F5O/c16-6-1-2-7(9(17)5-6)10(23)4-3-8-11(18)13(20)15(22)14(21)12(8)19/h1-5H/b4-3+. The lowest BCUT2D eigenvalue weighted by molar-refractivity contribution is 0.104. The van der Waals surface area contributed by atoms with Crippen molar-refractivity contribution >= 4 is 35.1 Å². The highest BCUT2D eigenvalue weighted by molar-refractivity contribution is 6.37. The first-order valence-corrected chi connectivity index (χ1v) is 6.68. The normalized spacial score (nSPS) is 11.3. The van der Waals surface area contributed by atoms with Gasteiger partial charge in [0, 0.05) is 10.6 Å². The van der Waals surface area contributed by atoms with Gasteiger partial charge in [-0.15, -0.1) is 0 Å². The first kappa shape index (κ1) is 17.4. The SMILES string of the molecule is O=C(/C=C/c1c(F)c(F)c(F)c(F)c1F)c1ccc(Cl)cc1Cl. The Labute approximate surface area is 136 Å². The van der Waals surface area contributed by atoms with Gasteiger partial charge in [0.1, 0.15) is 0 Å². The molecule has 2 aromatic carbocycles. The Morgan fingerprint density at radius 3 is 1.91 bits per heavy atom. The molecule has 120 valence electrons. The van der Waals surface area contributed by atoms with Crippen LogP contribution in [0.3, 0.4) is 0 Å². The molecule has 0 aliphatic carbocycles. The molecular weight excluding hydrogens is 362 g/mol. The van der Waals surface area contributed by atoms with Crippen molar-refractivity contribution in [2.24, 2.45) is 0 Å². The monoisotopic (exact) mass is 366 g/mol. The van der Waals surface area contributed by atoms with E-state index in [0.717, 1.165) is 0 Å². The van der Waals surface area contributed by atoms with Gasteiger partial charge < -0.3 is 0 Å². The van der Waals surface area contributed by atoms with Crippen molar-refractivity contribution < 1.29 is 26.7 Å². The van der Waals surface area contributed by atoms with Gasteiger partial charge in [-0.1, -0.05) is 23.2 Å². The molecule has 0 heterocycles. The molecule has 0 atom stereocenters. The van der Waals surface area contributed by atoms with Crippen LogP contribution in [0.4, 0.5) is 22.0 Å². The van der Waals surface area contributed by atoms with Crippen LogP contribution in [0.2, 0.25) is 10.0 Å². The second-order valence-corrected chi connectivity index (χ2v) is 5.15. The Kier molecular flexibility index (Phi) is 5.06. The quantitative estimate of drug-likeness (QED) is 0.227. The smallest absolute Gasteiger partial charge is 0.200 e. The third-order valence-corrected chi connectivity index (χ3v) is 3.39. The summed E-state index contributed by atoms with van der Waals surface area (Å²) in [6, 6.07) is 3.88. The fraction of sp³-hybridized carbons (Fsp3) is 0. The van der Waals surface area contributed by atoms with Crippen LogP contribution in [0.5, 0.6) is 0 Å². The van der Waals surface area contributed by atoms with E-state index < -0.39 is 40.4 Å². The van der Waals surface area contributed by atoms with Crippen LogP contribution < -0.4 is 0 Å². The van der Waals surface area contributed by atoms with E-state index in [2.05, 4.69) is 0 Å². The molecule has 0 amide bonds. The summed E-state index contributed by atoms with van der Waals surface area (Å²) in [6.45, 7) is 0. The van der Waals surface area contributed by atoms with Crippen LogP contribution in [-0.2, 0) is 0 Å². The molecule has 0 saturated heterocycles. The lowest BCUT2D eigenvalue weighted by Crippen LogP contribution is -2.04. The van der Waals surface area contributed by atoms with Gasteiger partial charge in [0.05, 0.1) is 10.6 Å². The third kappa shape index (κ3) is 3.38. The lowest BCUT2D eigenvalue weighted by Gasteiger charge is -2.04. The number of hydrogen-bond donors (Lipinski definition) is 0. The molecule has 2 aromatic rings. The molecule has 0 saturated carbocycles. The van der Waals surface area contributed by atoms with Gasteiger partial charge >= 0.3 is 0 Å². The van der Waals surface area contributed by atoms with E-state index in [1.165, 1.54) is 18.2 Å². The lowest BCUT2D eigenvalue weighted by atomic mass is 10.1. The highest BCUT2D eigenvalue weighted by Crippen LogP contribution is 2.25. The van der Waals surface area contributed by atoms with Crippen molar-refractivity contribution in [3.05, 3.63) is 74.5 Å². The molecule has 23 heavy (non-hydrogen) atoms. The zero-order valence-corrected chi connectivity index (χ0v) is 12.5. The Balaban J connectivity index is 2.43. The van der Waals surface area contributed by atoms with Gasteiger partial charge in [0.15, 0.2) is 29.1 Å². The molecule has 1 nitrogen and oxygen atoms in total. The van der Waals surface area contributed by atoms with E-state index in [9.17, 15) is 26.7 Å². The minimum Gasteiger partial charge on any atom is -0.289 e. The van der Waals surface area contributed by atoms with Crippen molar-refractivity contribution in [2.45, 2.75) is 0 Å². The molecule has 2 rings (SSSR count). The summed E-state index contributed by atoms with van der Waals surface area (Å²) in [5.74, 6) is -11.3. The molecule has 0 aliphatic rings. The van der Waals surface area contributed by atoms with Gasteiger partial charge in [0.25, 0.3) is 0 Å². The summed E-state index contributed by atoms with van der Waals surface area (Å²) in [5.41, 5.74) is -1.27.